The van der Waals surface area contributed by atoms with E-state index in [9.17, 15) is 19.7 Å². The van der Waals surface area contributed by atoms with Gasteiger partial charge >= 0.3 is 0 Å². The second-order valence-corrected chi connectivity index (χ2v) is 11.5. The highest BCUT2D eigenvalue weighted by atomic mass is 19.1. The number of phenols is 1. The first kappa shape index (κ1) is 20.4. The normalized spacial score (nSPS) is 35.2. The number of rotatable bonds is 3. The maximum Gasteiger partial charge on any atom is 0.199 e. The summed E-state index contributed by atoms with van der Waals surface area (Å²) in [5, 5.41) is 35.8. The lowest BCUT2D eigenvalue weighted by molar-refractivity contribution is -0.195. The summed E-state index contributed by atoms with van der Waals surface area (Å²) in [6.07, 6.45) is 6.68. The zero-order valence-electron chi connectivity index (χ0n) is 19.5. The molecule has 3 N–H and O–H groups in total. The van der Waals surface area contributed by atoms with Crippen molar-refractivity contribution in [3.63, 3.8) is 0 Å². The van der Waals surface area contributed by atoms with E-state index < -0.39 is 17.1 Å². The van der Waals surface area contributed by atoms with Gasteiger partial charge in [-0.3, -0.25) is 4.90 Å². The van der Waals surface area contributed by atoms with E-state index in [0.717, 1.165) is 48.4 Å². The summed E-state index contributed by atoms with van der Waals surface area (Å²) in [6.45, 7) is 1.92. The molecule has 0 amide bonds. The predicted octanol–water partition coefficient (Wildman–Crippen LogP) is 4.00. The third-order valence-electron chi connectivity index (χ3n) is 9.87. The van der Waals surface area contributed by atoms with Crippen molar-refractivity contribution in [1.82, 2.24) is 9.47 Å². The number of likely N-dealkylation sites (tertiary alicyclic amines) is 1. The molecular weight excluding hydrogens is 447 g/mol. The number of aromatic nitrogens is 1. The number of fused-ring (bicyclic) bond motifs is 1. The standard InChI is InChI=1S/C28H29FN2O4/c29-18-5-3-17-14-31(26(33)19(17)12-18)20-7-8-28(34)22-11-16-4-6-21(32)24-23(16)27(28,25(20)35-24)9-10-30(22)13-15-1-2-15/h3-6,12,14-15,20,22,25,32-34H,1-2,7-11,13H2/t20?,22-,25+,27+,28-/m1/s1. The molecule has 5 aliphatic rings. The van der Waals surface area contributed by atoms with Gasteiger partial charge in [-0.05, 0) is 80.8 Å². The molecule has 1 saturated heterocycles. The Labute approximate surface area is 202 Å². The first-order valence-corrected chi connectivity index (χ1v) is 12.9. The summed E-state index contributed by atoms with van der Waals surface area (Å²) < 4.78 is 22.4. The molecule has 0 radical (unpaired) electrons. The zero-order chi connectivity index (χ0) is 23.7. The zero-order valence-corrected chi connectivity index (χ0v) is 19.5. The van der Waals surface area contributed by atoms with Crippen LogP contribution >= 0.6 is 0 Å². The fourth-order valence-electron chi connectivity index (χ4n) is 8.18. The van der Waals surface area contributed by atoms with E-state index in [1.54, 1.807) is 12.1 Å². The average molecular weight is 477 g/mol. The van der Waals surface area contributed by atoms with Crippen LogP contribution in [-0.2, 0) is 11.8 Å². The third-order valence-corrected chi connectivity index (χ3v) is 9.87. The number of piperidine rings is 1. The average Bonchev–Trinajstić information content (AvgIpc) is 3.50. The van der Waals surface area contributed by atoms with Crippen molar-refractivity contribution in [1.29, 1.82) is 0 Å². The number of aliphatic hydroxyl groups is 1. The quantitative estimate of drug-likeness (QED) is 0.533. The highest BCUT2D eigenvalue weighted by molar-refractivity contribution is 5.88. The summed E-state index contributed by atoms with van der Waals surface area (Å²) in [5.74, 6) is 0.972. The summed E-state index contributed by atoms with van der Waals surface area (Å²) in [7, 11) is 0. The van der Waals surface area contributed by atoms with E-state index in [-0.39, 0.29) is 29.5 Å². The number of nitrogens with zero attached hydrogens (tertiary/aromatic N) is 2. The van der Waals surface area contributed by atoms with Crippen LogP contribution in [0.5, 0.6) is 17.4 Å². The molecule has 5 atom stereocenters. The number of halogens is 1. The van der Waals surface area contributed by atoms with Crippen LogP contribution in [0.4, 0.5) is 4.39 Å². The predicted molar refractivity (Wildman–Crippen MR) is 127 cm³/mol. The minimum Gasteiger partial charge on any atom is -0.504 e. The second kappa shape index (κ2) is 6.51. The van der Waals surface area contributed by atoms with Crippen molar-refractivity contribution in [2.24, 2.45) is 5.92 Å². The minimum absolute atomic E-state index is 0.0123. The Morgan fingerprint density at radius 2 is 1.94 bits per heavy atom. The summed E-state index contributed by atoms with van der Waals surface area (Å²) in [6, 6.07) is 7.92. The van der Waals surface area contributed by atoms with Gasteiger partial charge in [0.1, 0.15) is 11.9 Å². The fraction of sp³-hybridized carbons (Fsp3) is 0.500. The number of aromatic hydroxyl groups is 2. The maximum absolute atomic E-state index is 13.9. The Morgan fingerprint density at radius 3 is 2.77 bits per heavy atom. The highest BCUT2D eigenvalue weighted by Crippen LogP contribution is 2.67. The molecule has 7 heteroatoms. The molecule has 3 fully saturated rings. The Bertz CT molecular complexity index is 1400. The van der Waals surface area contributed by atoms with Crippen molar-refractivity contribution in [3.8, 4) is 17.4 Å². The van der Waals surface area contributed by atoms with E-state index in [0.29, 0.717) is 24.0 Å². The van der Waals surface area contributed by atoms with Crippen molar-refractivity contribution in [2.45, 2.75) is 67.7 Å². The number of hydrogen-bond acceptors (Lipinski definition) is 5. The fourth-order valence-corrected chi connectivity index (χ4v) is 8.18. The lowest BCUT2D eigenvalue weighted by Crippen LogP contribution is -2.76. The van der Waals surface area contributed by atoms with Gasteiger partial charge in [0.25, 0.3) is 0 Å². The number of benzene rings is 2. The van der Waals surface area contributed by atoms with E-state index >= 15 is 0 Å². The summed E-state index contributed by atoms with van der Waals surface area (Å²) in [4.78, 5) is 2.51. The van der Waals surface area contributed by atoms with Crippen molar-refractivity contribution in [2.75, 3.05) is 13.1 Å². The first-order valence-electron chi connectivity index (χ1n) is 12.9. The van der Waals surface area contributed by atoms with Crippen molar-refractivity contribution >= 4 is 10.8 Å². The van der Waals surface area contributed by atoms with Gasteiger partial charge in [0, 0.05) is 35.1 Å². The van der Waals surface area contributed by atoms with Gasteiger partial charge < -0.3 is 24.6 Å². The van der Waals surface area contributed by atoms with Crippen LogP contribution < -0.4 is 4.74 Å². The van der Waals surface area contributed by atoms with Crippen LogP contribution in [0.2, 0.25) is 0 Å². The molecule has 1 aromatic heterocycles. The Kier molecular flexibility index (Phi) is 3.80. The topological polar surface area (TPSA) is 78.1 Å². The van der Waals surface area contributed by atoms with E-state index in [4.69, 9.17) is 4.74 Å². The molecule has 35 heavy (non-hydrogen) atoms. The minimum atomic E-state index is -0.971. The molecule has 2 aliphatic heterocycles. The Balaban J connectivity index is 1.31. The monoisotopic (exact) mass is 476 g/mol. The van der Waals surface area contributed by atoms with E-state index in [2.05, 4.69) is 4.90 Å². The van der Waals surface area contributed by atoms with Gasteiger partial charge in [0.05, 0.1) is 17.1 Å². The first-order chi connectivity index (χ1) is 16.9. The lowest BCUT2D eigenvalue weighted by atomic mass is 9.48. The second-order valence-electron chi connectivity index (χ2n) is 11.5. The summed E-state index contributed by atoms with van der Waals surface area (Å²) in [5.41, 5.74) is 0.498. The third kappa shape index (κ3) is 2.41. The van der Waals surface area contributed by atoms with Crippen molar-refractivity contribution < 1.29 is 24.4 Å². The molecule has 1 unspecified atom stereocenters. The van der Waals surface area contributed by atoms with Crippen LogP contribution in [0, 0.1) is 11.7 Å². The number of hydrogen-bond donors (Lipinski definition) is 3. The van der Waals surface area contributed by atoms with Crippen molar-refractivity contribution in [3.05, 3.63) is 53.5 Å². The molecule has 182 valence electrons. The van der Waals surface area contributed by atoms with Gasteiger partial charge in [0.15, 0.2) is 17.4 Å². The molecule has 2 bridgehead atoms. The molecular formula is C28H29FN2O4. The molecule has 6 nitrogen and oxygen atoms in total. The molecule has 8 rings (SSSR count). The van der Waals surface area contributed by atoms with Gasteiger partial charge in [-0.2, -0.15) is 0 Å². The maximum atomic E-state index is 13.9. The lowest BCUT2D eigenvalue weighted by Gasteiger charge is -2.64. The highest BCUT2D eigenvalue weighted by Gasteiger charge is 2.73. The molecule has 3 heterocycles. The number of ether oxygens (including phenoxy) is 1. The van der Waals surface area contributed by atoms with Gasteiger partial charge in [-0.1, -0.05) is 6.07 Å². The molecule has 2 aromatic carbocycles. The molecule has 3 aliphatic carbocycles. The van der Waals surface area contributed by atoms with Crippen LogP contribution in [0.1, 0.15) is 49.3 Å². The van der Waals surface area contributed by atoms with Crippen LogP contribution in [0.25, 0.3) is 10.8 Å². The van der Waals surface area contributed by atoms with Crippen LogP contribution in [0.15, 0.2) is 36.5 Å². The van der Waals surface area contributed by atoms with Crippen LogP contribution in [-0.4, -0.2) is 55.6 Å². The van der Waals surface area contributed by atoms with Crippen LogP contribution in [0.3, 0.4) is 0 Å². The smallest absolute Gasteiger partial charge is 0.199 e. The Morgan fingerprint density at radius 1 is 1.09 bits per heavy atom. The summed E-state index contributed by atoms with van der Waals surface area (Å²) >= 11 is 0. The van der Waals surface area contributed by atoms with Gasteiger partial charge in [0.2, 0.25) is 0 Å². The molecule has 3 aromatic rings. The van der Waals surface area contributed by atoms with Gasteiger partial charge in [-0.25, -0.2) is 4.39 Å². The molecule has 1 spiro atoms. The number of phenolic OH excluding ortho intramolecular Hbond substituents is 1. The Hall–Kier alpha value is -2.77. The largest absolute Gasteiger partial charge is 0.504 e. The van der Waals surface area contributed by atoms with Gasteiger partial charge in [-0.15, -0.1) is 0 Å². The SMILES string of the molecule is Oc1ccc2c3c1O[C@H]1C(n4cc5ccc(F)cc5c4O)CC[C@@]4(O)[C@@H](C2)N(CC2CC2)CC[C@]314. The molecule has 2 saturated carbocycles. The van der Waals surface area contributed by atoms with E-state index in [1.807, 2.05) is 16.8 Å². The van der Waals surface area contributed by atoms with E-state index in [1.165, 1.54) is 25.0 Å².